The standard InChI is InChI=1S/C20H21F3N2O3/c1-3-25(4-2)11-12-28-20(27)13-5-7-14(8-6-13)24-19(26)15-9-10-16(21)18(23)17(15)22/h5-10H,3-4,11-12H2,1-2H3,(H,24,26). The number of esters is 1. The second-order valence-electron chi connectivity index (χ2n) is 5.92. The Balaban J connectivity index is 1.96. The van der Waals surface area contributed by atoms with Crippen molar-refractivity contribution >= 4 is 17.6 Å². The summed E-state index contributed by atoms with van der Waals surface area (Å²) in [6.07, 6.45) is 0. The zero-order valence-electron chi connectivity index (χ0n) is 15.6. The van der Waals surface area contributed by atoms with E-state index in [4.69, 9.17) is 4.74 Å². The van der Waals surface area contributed by atoms with Crippen LogP contribution in [-0.2, 0) is 4.74 Å². The number of carbonyl (C=O) groups is 2. The van der Waals surface area contributed by atoms with Crippen LogP contribution in [0.2, 0.25) is 0 Å². The first-order valence-electron chi connectivity index (χ1n) is 8.81. The molecule has 28 heavy (non-hydrogen) atoms. The zero-order valence-corrected chi connectivity index (χ0v) is 15.6. The number of hydrogen-bond donors (Lipinski definition) is 1. The number of amides is 1. The van der Waals surface area contributed by atoms with Crippen LogP contribution in [0.3, 0.4) is 0 Å². The summed E-state index contributed by atoms with van der Waals surface area (Å²) in [6, 6.07) is 7.26. The molecule has 2 aromatic carbocycles. The predicted molar refractivity (Wildman–Crippen MR) is 98.8 cm³/mol. The average molecular weight is 394 g/mol. The van der Waals surface area contributed by atoms with Crippen LogP contribution < -0.4 is 5.32 Å². The average Bonchev–Trinajstić information content (AvgIpc) is 2.70. The van der Waals surface area contributed by atoms with E-state index in [2.05, 4.69) is 10.2 Å². The summed E-state index contributed by atoms with van der Waals surface area (Å²) in [5.74, 6) is -6.10. The molecule has 0 spiro atoms. The molecular weight excluding hydrogens is 373 g/mol. The van der Waals surface area contributed by atoms with Crippen molar-refractivity contribution in [1.29, 1.82) is 0 Å². The summed E-state index contributed by atoms with van der Waals surface area (Å²) in [5.41, 5.74) is -0.0795. The molecule has 0 aromatic heterocycles. The van der Waals surface area contributed by atoms with E-state index in [1.165, 1.54) is 24.3 Å². The zero-order chi connectivity index (χ0) is 20.7. The van der Waals surface area contributed by atoms with Crippen LogP contribution in [0, 0.1) is 17.5 Å². The Bertz CT molecular complexity index is 837. The number of nitrogens with zero attached hydrogens (tertiary/aromatic N) is 1. The number of rotatable bonds is 8. The highest BCUT2D eigenvalue weighted by Crippen LogP contribution is 2.17. The van der Waals surface area contributed by atoms with Gasteiger partial charge < -0.3 is 15.0 Å². The molecule has 0 heterocycles. The molecule has 0 aliphatic carbocycles. The van der Waals surface area contributed by atoms with Crippen molar-refractivity contribution in [1.82, 2.24) is 4.90 Å². The van der Waals surface area contributed by atoms with Crippen molar-refractivity contribution in [2.45, 2.75) is 13.8 Å². The van der Waals surface area contributed by atoms with Crippen LogP contribution in [0.25, 0.3) is 0 Å². The number of ether oxygens (including phenoxy) is 1. The molecule has 1 amide bonds. The third-order valence-corrected chi connectivity index (χ3v) is 4.19. The van der Waals surface area contributed by atoms with Crippen molar-refractivity contribution in [2.24, 2.45) is 0 Å². The summed E-state index contributed by atoms with van der Waals surface area (Å²) in [4.78, 5) is 26.2. The molecule has 0 unspecified atom stereocenters. The van der Waals surface area contributed by atoms with Crippen LogP contribution in [0.4, 0.5) is 18.9 Å². The first-order chi connectivity index (χ1) is 13.4. The summed E-state index contributed by atoms with van der Waals surface area (Å²) >= 11 is 0. The van der Waals surface area contributed by atoms with E-state index in [1.807, 2.05) is 13.8 Å². The van der Waals surface area contributed by atoms with Crippen molar-refractivity contribution in [3.63, 3.8) is 0 Å². The fourth-order valence-corrected chi connectivity index (χ4v) is 2.48. The van der Waals surface area contributed by atoms with Crippen molar-refractivity contribution < 1.29 is 27.5 Å². The molecule has 0 saturated heterocycles. The third-order valence-electron chi connectivity index (χ3n) is 4.19. The molecule has 0 bridgehead atoms. The summed E-state index contributed by atoms with van der Waals surface area (Å²) in [7, 11) is 0. The van der Waals surface area contributed by atoms with Crippen molar-refractivity contribution in [3.05, 3.63) is 65.0 Å². The van der Waals surface area contributed by atoms with E-state index in [0.29, 0.717) is 12.6 Å². The lowest BCUT2D eigenvalue weighted by molar-refractivity contribution is 0.0466. The van der Waals surface area contributed by atoms with Gasteiger partial charge in [-0.1, -0.05) is 13.8 Å². The molecule has 150 valence electrons. The molecule has 1 N–H and O–H groups in total. The minimum Gasteiger partial charge on any atom is -0.461 e. The number of carbonyl (C=O) groups excluding carboxylic acids is 2. The van der Waals surface area contributed by atoms with E-state index in [9.17, 15) is 22.8 Å². The number of halogens is 3. The Morgan fingerprint density at radius 1 is 0.964 bits per heavy atom. The quantitative estimate of drug-likeness (QED) is 0.546. The van der Waals surface area contributed by atoms with Crippen molar-refractivity contribution in [3.8, 4) is 0 Å². The van der Waals surface area contributed by atoms with Gasteiger partial charge in [0.1, 0.15) is 6.61 Å². The second-order valence-corrected chi connectivity index (χ2v) is 5.92. The van der Waals surface area contributed by atoms with Gasteiger partial charge in [-0.2, -0.15) is 0 Å². The van der Waals surface area contributed by atoms with Gasteiger partial charge in [-0.05, 0) is 49.5 Å². The summed E-state index contributed by atoms with van der Waals surface area (Å²) in [6.45, 7) is 6.65. The normalized spacial score (nSPS) is 10.8. The maximum atomic E-state index is 13.7. The van der Waals surface area contributed by atoms with Gasteiger partial charge in [0.05, 0.1) is 11.1 Å². The molecule has 0 saturated carbocycles. The maximum Gasteiger partial charge on any atom is 0.338 e. The van der Waals surface area contributed by atoms with E-state index in [1.54, 1.807) is 0 Å². The van der Waals surface area contributed by atoms with Gasteiger partial charge >= 0.3 is 5.97 Å². The lowest BCUT2D eigenvalue weighted by atomic mass is 10.1. The molecule has 0 radical (unpaired) electrons. The monoisotopic (exact) mass is 394 g/mol. The number of benzene rings is 2. The third kappa shape index (κ3) is 5.32. The minimum absolute atomic E-state index is 0.258. The van der Waals surface area contributed by atoms with E-state index in [0.717, 1.165) is 19.2 Å². The second kappa shape index (κ2) is 9.89. The Hall–Kier alpha value is -2.87. The first kappa shape index (κ1) is 21.4. The fraction of sp³-hybridized carbons (Fsp3) is 0.300. The molecule has 2 rings (SSSR count). The Morgan fingerprint density at radius 3 is 2.21 bits per heavy atom. The number of hydrogen-bond acceptors (Lipinski definition) is 4. The Morgan fingerprint density at radius 2 is 1.61 bits per heavy atom. The van der Waals surface area contributed by atoms with E-state index >= 15 is 0 Å². The number of likely N-dealkylation sites (N-methyl/N-ethyl adjacent to an activating group) is 1. The Labute approximate surface area is 161 Å². The van der Waals surface area contributed by atoms with Crippen LogP contribution in [-0.4, -0.2) is 43.0 Å². The molecule has 0 aliphatic heterocycles. The predicted octanol–water partition coefficient (Wildman–Crippen LogP) is 3.85. The molecule has 8 heteroatoms. The highest BCUT2D eigenvalue weighted by Gasteiger charge is 2.19. The van der Waals surface area contributed by atoms with Crippen LogP contribution >= 0.6 is 0 Å². The van der Waals surface area contributed by atoms with Crippen LogP contribution in [0.1, 0.15) is 34.6 Å². The van der Waals surface area contributed by atoms with Crippen molar-refractivity contribution in [2.75, 3.05) is 31.6 Å². The lowest BCUT2D eigenvalue weighted by Gasteiger charge is -2.17. The minimum atomic E-state index is -1.71. The van der Waals surface area contributed by atoms with E-state index in [-0.39, 0.29) is 17.9 Å². The van der Waals surface area contributed by atoms with Gasteiger partial charge in [-0.3, -0.25) is 4.79 Å². The number of nitrogens with one attached hydrogen (secondary N) is 1. The van der Waals surface area contributed by atoms with Gasteiger partial charge in [-0.15, -0.1) is 0 Å². The smallest absolute Gasteiger partial charge is 0.338 e. The molecule has 5 nitrogen and oxygen atoms in total. The Kier molecular flexibility index (Phi) is 7.57. The van der Waals surface area contributed by atoms with Gasteiger partial charge in [0.2, 0.25) is 0 Å². The molecular formula is C20H21F3N2O3. The van der Waals surface area contributed by atoms with Crippen LogP contribution in [0.15, 0.2) is 36.4 Å². The van der Waals surface area contributed by atoms with Gasteiger partial charge in [-0.25, -0.2) is 18.0 Å². The van der Waals surface area contributed by atoms with Crippen LogP contribution in [0.5, 0.6) is 0 Å². The van der Waals surface area contributed by atoms with Gasteiger partial charge in [0, 0.05) is 12.2 Å². The molecule has 0 atom stereocenters. The largest absolute Gasteiger partial charge is 0.461 e. The van der Waals surface area contributed by atoms with Gasteiger partial charge in [0.15, 0.2) is 17.5 Å². The van der Waals surface area contributed by atoms with E-state index < -0.39 is 34.9 Å². The highest BCUT2D eigenvalue weighted by atomic mass is 19.2. The van der Waals surface area contributed by atoms with Gasteiger partial charge in [0.25, 0.3) is 5.91 Å². The summed E-state index contributed by atoms with van der Waals surface area (Å²) in [5, 5.41) is 2.36. The lowest BCUT2D eigenvalue weighted by Crippen LogP contribution is -2.27. The molecule has 0 aliphatic rings. The maximum absolute atomic E-state index is 13.7. The highest BCUT2D eigenvalue weighted by molar-refractivity contribution is 6.04. The summed E-state index contributed by atoms with van der Waals surface area (Å²) < 4.78 is 45.1. The molecule has 0 fully saturated rings. The fourth-order valence-electron chi connectivity index (χ4n) is 2.48. The SMILES string of the molecule is CCN(CC)CCOC(=O)c1ccc(NC(=O)c2ccc(F)c(F)c2F)cc1. The first-order valence-corrected chi connectivity index (χ1v) is 8.81. The topological polar surface area (TPSA) is 58.6 Å². The number of anilines is 1. The molecule has 2 aromatic rings.